The highest BCUT2D eigenvalue weighted by Gasteiger charge is 2.30. The SMILES string of the molecule is COC(=O)C1CCC(=O)N(Cc2ccc(OC)cc2)C1. The highest BCUT2D eigenvalue weighted by Crippen LogP contribution is 2.21. The molecule has 0 bridgehead atoms. The minimum atomic E-state index is -0.239. The zero-order valence-corrected chi connectivity index (χ0v) is 11.8. The summed E-state index contributed by atoms with van der Waals surface area (Å²) in [7, 11) is 3.00. The van der Waals surface area contributed by atoms with Crippen LogP contribution >= 0.6 is 0 Å². The summed E-state index contributed by atoms with van der Waals surface area (Å²) >= 11 is 0. The molecule has 1 aliphatic heterocycles. The van der Waals surface area contributed by atoms with Crippen LogP contribution in [0.4, 0.5) is 0 Å². The minimum absolute atomic E-state index is 0.0842. The van der Waals surface area contributed by atoms with E-state index in [0.29, 0.717) is 25.9 Å². The van der Waals surface area contributed by atoms with Gasteiger partial charge in [0.15, 0.2) is 0 Å². The van der Waals surface area contributed by atoms with Gasteiger partial charge in [-0.2, -0.15) is 0 Å². The van der Waals surface area contributed by atoms with E-state index in [1.807, 2.05) is 24.3 Å². The van der Waals surface area contributed by atoms with Gasteiger partial charge in [0.2, 0.25) is 5.91 Å². The van der Waals surface area contributed by atoms with Crippen LogP contribution < -0.4 is 4.74 Å². The molecule has 1 aliphatic rings. The number of esters is 1. The first-order chi connectivity index (χ1) is 9.63. The van der Waals surface area contributed by atoms with Crippen molar-refractivity contribution in [3.8, 4) is 5.75 Å². The summed E-state index contributed by atoms with van der Waals surface area (Å²) in [5.74, 6) is 0.417. The number of carbonyl (C=O) groups excluding carboxylic acids is 2. The number of ether oxygens (including phenoxy) is 2. The van der Waals surface area contributed by atoms with Gasteiger partial charge in [-0.3, -0.25) is 9.59 Å². The Morgan fingerprint density at radius 2 is 2.00 bits per heavy atom. The van der Waals surface area contributed by atoms with Crippen LogP contribution in [0.1, 0.15) is 18.4 Å². The van der Waals surface area contributed by atoms with Gasteiger partial charge in [0.05, 0.1) is 20.1 Å². The number of carbonyl (C=O) groups is 2. The van der Waals surface area contributed by atoms with E-state index < -0.39 is 0 Å². The van der Waals surface area contributed by atoms with Crippen LogP contribution in [0.25, 0.3) is 0 Å². The van der Waals surface area contributed by atoms with Crippen LogP contribution in [0.2, 0.25) is 0 Å². The van der Waals surface area contributed by atoms with Gasteiger partial charge >= 0.3 is 5.97 Å². The highest BCUT2D eigenvalue weighted by atomic mass is 16.5. The van der Waals surface area contributed by atoms with Crippen LogP contribution in [0.5, 0.6) is 5.75 Å². The van der Waals surface area contributed by atoms with Crippen molar-refractivity contribution in [2.24, 2.45) is 5.92 Å². The number of rotatable bonds is 4. The molecule has 1 saturated heterocycles. The van der Waals surface area contributed by atoms with Crippen LogP contribution in [0.15, 0.2) is 24.3 Å². The van der Waals surface area contributed by atoms with Gasteiger partial charge in [0.1, 0.15) is 5.75 Å². The predicted molar refractivity (Wildman–Crippen MR) is 73.2 cm³/mol. The fourth-order valence-electron chi connectivity index (χ4n) is 2.38. The second-order valence-electron chi connectivity index (χ2n) is 4.88. The molecule has 0 aromatic heterocycles. The molecule has 1 unspecified atom stereocenters. The maximum Gasteiger partial charge on any atom is 0.310 e. The van der Waals surface area contributed by atoms with E-state index in [0.717, 1.165) is 11.3 Å². The Labute approximate surface area is 118 Å². The molecule has 1 aromatic rings. The second kappa shape index (κ2) is 6.41. The summed E-state index contributed by atoms with van der Waals surface area (Å²) in [5, 5.41) is 0. The van der Waals surface area contributed by atoms with Crippen molar-refractivity contribution in [1.82, 2.24) is 4.90 Å². The Morgan fingerprint density at radius 3 is 2.60 bits per heavy atom. The molecule has 5 nitrogen and oxygen atoms in total. The third kappa shape index (κ3) is 3.29. The zero-order chi connectivity index (χ0) is 14.5. The molecule has 0 spiro atoms. The molecule has 0 radical (unpaired) electrons. The first-order valence-corrected chi connectivity index (χ1v) is 6.62. The maximum absolute atomic E-state index is 11.9. The highest BCUT2D eigenvalue weighted by molar-refractivity contribution is 5.81. The Bertz CT molecular complexity index is 483. The number of piperidine rings is 1. The molecule has 1 atom stereocenters. The summed E-state index contributed by atoms with van der Waals surface area (Å²) in [5.41, 5.74) is 1.02. The lowest BCUT2D eigenvalue weighted by molar-refractivity contribution is -0.150. The van der Waals surface area contributed by atoms with E-state index in [4.69, 9.17) is 9.47 Å². The molecule has 1 amide bonds. The van der Waals surface area contributed by atoms with E-state index >= 15 is 0 Å². The van der Waals surface area contributed by atoms with Crippen molar-refractivity contribution in [3.63, 3.8) is 0 Å². The van der Waals surface area contributed by atoms with Gasteiger partial charge in [-0.15, -0.1) is 0 Å². The predicted octanol–water partition coefficient (Wildman–Crippen LogP) is 1.61. The molecule has 1 heterocycles. The monoisotopic (exact) mass is 277 g/mol. The molecule has 0 saturated carbocycles. The second-order valence-corrected chi connectivity index (χ2v) is 4.88. The number of methoxy groups -OCH3 is 2. The van der Waals surface area contributed by atoms with E-state index in [2.05, 4.69) is 0 Å². The first kappa shape index (κ1) is 14.4. The number of hydrogen-bond donors (Lipinski definition) is 0. The van der Waals surface area contributed by atoms with Gasteiger partial charge in [0.25, 0.3) is 0 Å². The van der Waals surface area contributed by atoms with Gasteiger partial charge in [-0.1, -0.05) is 12.1 Å². The van der Waals surface area contributed by atoms with Gasteiger partial charge in [-0.05, 0) is 24.1 Å². The normalized spacial score (nSPS) is 18.8. The molecule has 1 aromatic carbocycles. The largest absolute Gasteiger partial charge is 0.497 e. The van der Waals surface area contributed by atoms with Gasteiger partial charge in [-0.25, -0.2) is 0 Å². The molecule has 108 valence electrons. The number of hydrogen-bond acceptors (Lipinski definition) is 4. The van der Waals surface area contributed by atoms with Crippen LogP contribution in [-0.2, 0) is 20.9 Å². The summed E-state index contributed by atoms with van der Waals surface area (Å²) in [6.07, 6.45) is 0.973. The van der Waals surface area contributed by atoms with E-state index in [9.17, 15) is 9.59 Å². The number of likely N-dealkylation sites (tertiary alicyclic amines) is 1. The van der Waals surface area contributed by atoms with Crippen molar-refractivity contribution >= 4 is 11.9 Å². The average Bonchev–Trinajstić information content (AvgIpc) is 2.49. The smallest absolute Gasteiger partial charge is 0.310 e. The number of benzene rings is 1. The minimum Gasteiger partial charge on any atom is -0.497 e. The molecule has 20 heavy (non-hydrogen) atoms. The lowest BCUT2D eigenvalue weighted by Crippen LogP contribution is -2.42. The third-order valence-corrected chi connectivity index (χ3v) is 3.57. The fourth-order valence-corrected chi connectivity index (χ4v) is 2.38. The maximum atomic E-state index is 11.9. The van der Waals surface area contributed by atoms with Crippen molar-refractivity contribution in [2.45, 2.75) is 19.4 Å². The van der Waals surface area contributed by atoms with Crippen LogP contribution in [-0.4, -0.2) is 37.5 Å². The van der Waals surface area contributed by atoms with Crippen molar-refractivity contribution in [3.05, 3.63) is 29.8 Å². The van der Waals surface area contributed by atoms with Crippen LogP contribution in [0, 0.1) is 5.92 Å². The Morgan fingerprint density at radius 1 is 1.30 bits per heavy atom. The number of nitrogens with zero attached hydrogens (tertiary/aromatic N) is 1. The summed E-state index contributed by atoms with van der Waals surface area (Å²) < 4.78 is 9.86. The zero-order valence-electron chi connectivity index (χ0n) is 11.8. The number of amides is 1. The Kier molecular flexibility index (Phi) is 4.61. The van der Waals surface area contributed by atoms with E-state index in [1.54, 1.807) is 12.0 Å². The topological polar surface area (TPSA) is 55.8 Å². The fraction of sp³-hybridized carbons (Fsp3) is 0.467. The molecule has 0 N–H and O–H groups in total. The lowest BCUT2D eigenvalue weighted by atomic mass is 9.97. The van der Waals surface area contributed by atoms with E-state index in [1.165, 1.54) is 7.11 Å². The molecule has 5 heteroatoms. The third-order valence-electron chi connectivity index (χ3n) is 3.57. The molecular formula is C15H19NO4. The van der Waals surface area contributed by atoms with Crippen molar-refractivity contribution < 1.29 is 19.1 Å². The lowest BCUT2D eigenvalue weighted by Gasteiger charge is -2.31. The molecule has 2 rings (SSSR count). The first-order valence-electron chi connectivity index (χ1n) is 6.62. The Balaban J connectivity index is 2.02. The summed E-state index contributed by atoms with van der Waals surface area (Å²) in [6, 6.07) is 7.57. The average molecular weight is 277 g/mol. The standard InChI is InChI=1S/C15H19NO4/c1-19-13-6-3-11(4-7-13)9-16-10-12(15(18)20-2)5-8-14(16)17/h3-4,6-7,12H,5,8-10H2,1-2H3. The van der Waals surface area contributed by atoms with Gasteiger partial charge in [0, 0.05) is 19.5 Å². The van der Waals surface area contributed by atoms with E-state index in [-0.39, 0.29) is 17.8 Å². The van der Waals surface area contributed by atoms with Gasteiger partial charge < -0.3 is 14.4 Å². The summed E-state index contributed by atoms with van der Waals surface area (Å²) in [6.45, 7) is 0.938. The molecule has 0 aliphatic carbocycles. The summed E-state index contributed by atoms with van der Waals surface area (Å²) in [4.78, 5) is 25.2. The van der Waals surface area contributed by atoms with Crippen LogP contribution in [0.3, 0.4) is 0 Å². The van der Waals surface area contributed by atoms with Crippen molar-refractivity contribution in [1.29, 1.82) is 0 Å². The molecular weight excluding hydrogens is 258 g/mol. The molecule has 1 fully saturated rings. The van der Waals surface area contributed by atoms with Crippen molar-refractivity contribution in [2.75, 3.05) is 20.8 Å². The quantitative estimate of drug-likeness (QED) is 0.785. The Hall–Kier alpha value is -2.04.